The maximum absolute atomic E-state index is 10.7. The largest absolute Gasteiger partial charge is 0.390 e. The van der Waals surface area contributed by atoms with Crippen LogP contribution >= 0.6 is 0 Å². The number of aliphatic hydroxyl groups is 1. The van der Waals surface area contributed by atoms with Gasteiger partial charge in [0.15, 0.2) is 0 Å². The first kappa shape index (κ1) is 17.5. The summed E-state index contributed by atoms with van der Waals surface area (Å²) in [6.45, 7) is 4.95. The van der Waals surface area contributed by atoms with Crippen LogP contribution in [0, 0.1) is 51.8 Å². The maximum atomic E-state index is 10.7. The van der Waals surface area contributed by atoms with Gasteiger partial charge in [0.25, 0.3) is 0 Å². The average Bonchev–Trinajstić information content (AvgIpc) is 3.35. The van der Waals surface area contributed by atoms with Crippen LogP contribution in [0.2, 0.25) is 0 Å². The third-order valence-corrected chi connectivity index (χ3v) is 9.71. The zero-order valence-corrected chi connectivity index (χ0v) is 16.5. The smallest absolute Gasteiger partial charge is 0.0843 e. The lowest BCUT2D eigenvalue weighted by atomic mass is 9.44. The summed E-state index contributed by atoms with van der Waals surface area (Å²) in [6.07, 6.45) is 12.1. The third-order valence-electron chi connectivity index (χ3n) is 9.71. The molecule has 0 heterocycles. The van der Waals surface area contributed by atoms with E-state index in [9.17, 15) is 10.4 Å². The minimum Gasteiger partial charge on any atom is -0.390 e. The second-order valence-corrected chi connectivity index (χ2v) is 10.8. The van der Waals surface area contributed by atoms with Gasteiger partial charge in [-0.25, -0.2) is 0 Å². The fourth-order valence-corrected chi connectivity index (χ4v) is 8.06. The van der Waals surface area contributed by atoms with E-state index in [1.807, 2.05) is 0 Å². The van der Waals surface area contributed by atoms with Crippen molar-refractivity contribution in [3.63, 3.8) is 0 Å². The Morgan fingerprint density at radius 3 is 2.46 bits per heavy atom. The van der Waals surface area contributed by atoms with Crippen molar-refractivity contribution in [1.29, 1.82) is 5.26 Å². The average molecular weight is 358 g/mol. The van der Waals surface area contributed by atoms with Gasteiger partial charge >= 0.3 is 0 Å². The minimum absolute atomic E-state index is 0.0613. The highest BCUT2D eigenvalue weighted by Crippen LogP contribution is 2.67. The molecular formula is C23H35NO2. The molecule has 0 aliphatic heterocycles. The molecule has 9 atom stereocenters. The molecule has 0 aromatic carbocycles. The summed E-state index contributed by atoms with van der Waals surface area (Å²) < 4.78 is 6.26. The summed E-state index contributed by atoms with van der Waals surface area (Å²) in [4.78, 5) is 0. The summed E-state index contributed by atoms with van der Waals surface area (Å²) >= 11 is 0. The normalized spacial score (nSPS) is 56.2. The van der Waals surface area contributed by atoms with Gasteiger partial charge in [0.1, 0.15) is 0 Å². The van der Waals surface area contributed by atoms with Crippen molar-refractivity contribution in [2.24, 2.45) is 40.4 Å². The zero-order valence-electron chi connectivity index (χ0n) is 16.5. The predicted molar refractivity (Wildman–Crippen MR) is 100 cm³/mol. The quantitative estimate of drug-likeness (QED) is 0.780. The Morgan fingerprint density at radius 1 is 0.962 bits per heavy atom. The number of rotatable bonds is 2. The lowest BCUT2D eigenvalue weighted by Crippen LogP contribution is -2.57. The fraction of sp³-hybridized carbons (Fsp3) is 0.957. The van der Waals surface area contributed by atoms with Gasteiger partial charge in [0.05, 0.1) is 30.3 Å². The molecule has 0 spiro atoms. The van der Waals surface area contributed by atoms with Gasteiger partial charge < -0.3 is 9.84 Å². The number of fused-ring (bicyclic) bond motifs is 5. The summed E-state index contributed by atoms with van der Waals surface area (Å²) in [7, 11) is 0. The zero-order chi connectivity index (χ0) is 18.1. The first-order chi connectivity index (χ1) is 12.5. The van der Waals surface area contributed by atoms with Gasteiger partial charge in [-0.3, -0.25) is 0 Å². The Labute approximate surface area is 158 Å². The molecule has 144 valence electrons. The summed E-state index contributed by atoms with van der Waals surface area (Å²) in [5.74, 6) is 3.26. The Balaban J connectivity index is 1.40. The van der Waals surface area contributed by atoms with Crippen molar-refractivity contribution < 1.29 is 9.84 Å². The molecule has 3 nitrogen and oxygen atoms in total. The number of hydrogen-bond donors (Lipinski definition) is 1. The van der Waals surface area contributed by atoms with Crippen LogP contribution in [0.15, 0.2) is 0 Å². The van der Waals surface area contributed by atoms with E-state index < -0.39 is 0 Å². The molecule has 0 aromatic rings. The first-order valence-electron chi connectivity index (χ1n) is 11.2. The summed E-state index contributed by atoms with van der Waals surface area (Å²) in [6, 6.07) is 2.65. The fourth-order valence-electron chi connectivity index (χ4n) is 8.06. The van der Waals surface area contributed by atoms with E-state index in [1.165, 1.54) is 44.9 Å². The van der Waals surface area contributed by atoms with Crippen LogP contribution in [-0.2, 0) is 4.74 Å². The molecule has 0 radical (unpaired) electrons. The topological polar surface area (TPSA) is 53.2 Å². The van der Waals surface area contributed by atoms with Crippen LogP contribution in [-0.4, -0.2) is 23.4 Å². The van der Waals surface area contributed by atoms with Crippen LogP contribution in [0.1, 0.15) is 78.1 Å². The SMILES string of the molecule is C[C@]12CC[C@H]3[C@@H](CCC4C[C@H](O)[C@@H](OC5CC5)C[C@@]43C)C1CC[C@@H]2C#N. The van der Waals surface area contributed by atoms with Crippen LogP contribution in [0.4, 0.5) is 0 Å². The molecule has 1 N–H and O–H groups in total. The molecular weight excluding hydrogens is 322 g/mol. The minimum atomic E-state index is -0.256. The Bertz CT molecular complexity index is 610. The molecule has 26 heavy (non-hydrogen) atoms. The molecule has 3 heteroatoms. The van der Waals surface area contributed by atoms with Crippen molar-refractivity contribution >= 4 is 0 Å². The molecule has 5 fully saturated rings. The van der Waals surface area contributed by atoms with E-state index in [0.29, 0.717) is 17.4 Å². The first-order valence-corrected chi connectivity index (χ1v) is 11.2. The van der Waals surface area contributed by atoms with Gasteiger partial charge in [-0.05, 0) is 98.7 Å². The van der Waals surface area contributed by atoms with Crippen LogP contribution in [0.5, 0.6) is 0 Å². The van der Waals surface area contributed by atoms with Crippen LogP contribution in [0.3, 0.4) is 0 Å². The van der Waals surface area contributed by atoms with Gasteiger partial charge in [-0.15, -0.1) is 0 Å². The standard InChI is InChI=1S/C23H35NO2/c1-22-10-9-19-17(18(22)8-4-15(22)13-24)7-3-14-11-20(25)21(12-23(14,19)2)26-16-5-6-16/h14-21,25H,3-12H2,1-2H3/t14?,15-,17+,18?,19+,20+,21+,22-,23+/m1/s1. The molecule has 0 amide bonds. The monoisotopic (exact) mass is 357 g/mol. The summed E-state index contributed by atoms with van der Waals surface area (Å²) in [5.41, 5.74) is 0.588. The second-order valence-electron chi connectivity index (χ2n) is 10.8. The van der Waals surface area contributed by atoms with E-state index in [1.54, 1.807) is 0 Å². The third kappa shape index (κ3) is 2.44. The molecule has 5 rings (SSSR count). The van der Waals surface area contributed by atoms with Crippen LogP contribution in [0.25, 0.3) is 0 Å². The number of ether oxygens (including phenoxy) is 1. The lowest BCUT2D eigenvalue weighted by Gasteiger charge is -2.61. The molecule has 5 aliphatic rings. The molecule has 5 saturated carbocycles. The molecule has 0 saturated heterocycles. The van der Waals surface area contributed by atoms with Crippen molar-refractivity contribution in [2.45, 2.75) is 96.4 Å². The van der Waals surface area contributed by atoms with Crippen molar-refractivity contribution in [1.82, 2.24) is 0 Å². The lowest BCUT2D eigenvalue weighted by molar-refractivity contribution is -0.173. The molecule has 0 aromatic heterocycles. The Morgan fingerprint density at radius 2 is 1.73 bits per heavy atom. The van der Waals surface area contributed by atoms with Crippen LogP contribution < -0.4 is 0 Å². The van der Waals surface area contributed by atoms with Crippen molar-refractivity contribution in [3.8, 4) is 6.07 Å². The summed E-state index contributed by atoms with van der Waals surface area (Å²) in [5, 5.41) is 20.4. The van der Waals surface area contributed by atoms with Crippen molar-refractivity contribution in [3.05, 3.63) is 0 Å². The highest BCUT2D eigenvalue weighted by molar-refractivity contribution is 5.13. The number of nitrogens with zero attached hydrogens (tertiary/aromatic N) is 1. The van der Waals surface area contributed by atoms with Gasteiger partial charge in [0, 0.05) is 0 Å². The van der Waals surface area contributed by atoms with E-state index in [2.05, 4.69) is 19.9 Å². The van der Waals surface area contributed by atoms with E-state index in [0.717, 1.165) is 37.0 Å². The number of aliphatic hydroxyl groups excluding tert-OH is 1. The molecule has 0 bridgehead atoms. The predicted octanol–water partition coefficient (Wildman–Crippen LogP) is 4.69. The highest BCUT2D eigenvalue weighted by Gasteiger charge is 2.61. The van der Waals surface area contributed by atoms with Gasteiger partial charge in [-0.2, -0.15) is 5.26 Å². The number of hydrogen-bond acceptors (Lipinski definition) is 3. The van der Waals surface area contributed by atoms with E-state index in [-0.39, 0.29) is 23.5 Å². The Hall–Kier alpha value is -0.590. The van der Waals surface area contributed by atoms with Gasteiger partial charge in [-0.1, -0.05) is 13.8 Å². The second kappa shape index (κ2) is 5.95. The highest BCUT2D eigenvalue weighted by atomic mass is 16.5. The van der Waals surface area contributed by atoms with Gasteiger partial charge in [0.2, 0.25) is 0 Å². The molecule has 5 aliphatic carbocycles. The Kier molecular flexibility index (Phi) is 4.01. The maximum Gasteiger partial charge on any atom is 0.0843 e. The van der Waals surface area contributed by atoms with E-state index >= 15 is 0 Å². The van der Waals surface area contributed by atoms with E-state index in [4.69, 9.17) is 4.74 Å². The van der Waals surface area contributed by atoms with Crippen molar-refractivity contribution in [2.75, 3.05) is 0 Å². The molecule has 2 unspecified atom stereocenters. The number of nitriles is 1.